The molecule has 2 N–H and O–H groups in total. The summed E-state index contributed by atoms with van der Waals surface area (Å²) in [6.45, 7) is 11.1. The number of aryl methyl sites for hydroxylation is 1. The van der Waals surface area contributed by atoms with Crippen LogP contribution >= 0.6 is 0 Å². The van der Waals surface area contributed by atoms with Gasteiger partial charge in [0.1, 0.15) is 0 Å². The molecule has 0 fully saturated rings. The lowest BCUT2D eigenvalue weighted by molar-refractivity contribution is 0.212. The molecule has 1 atom stereocenters. The van der Waals surface area contributed by atoms with Gasteiger partial charge in [0.2, 0.25) is 0 Å². The van der Waals surface area contributed by atoms with E-state index >= 15 is 0 Å². The highest BCUT2D eigenvalue weighted by Crippen LogP contribution is 2.18. The molecule has 0 aliphatic carbocycles. The van der Waals surface area contributed by atoms with Crippen molar-refractivity contribution in [1.82, 2.24) is 9.80 Å². The molecule has 3 heteroatoms. The van der Waals surface area contributed by atoms with Gasteiger partial charge in [0.25, 0.3) is 0 Å². The van der Waals surface area contributed by atoms with Gasteiger partial charge in [0.15, 0.2) is 0 Å². The summed E-state index contributed by atoms with van der Waals surface area (Å²) in [4.78, 5) is 4.79. The van der Waals surface area contributed by atoms with Crippen LogP contribution in [0.15, 0.2) is 24.3 Å². The van der Waals surface area contributed by atoms with E-state index in [0.29, 0.717) is 5.92 Å². The first-order valence-electron chi connectivity index (χ1n) is 8.08. The van der Waals surface area contributed by atoms with Crippen LogP contribution in [0, 0.1) is 12.8 Å². The van der Waals surface area contributed by atoms with E-state index in [9.17, 15) is 0 Å². The Hall–Kier alpha value is -0.900. The molecule has 3 nitrogen and oxygen atoms in total. The zero-order chi connectivity index (χ0) is 15.8. The zero-order valence-corrected chi connectivity index (χ0v) is 14.5. The predicted octanol–water partition coefficient (Wildman–Crippen LogP) is 2.90. The minimum Gasteiger partial charge on any atom is -0.324 e. The van der Waals surface area contributed by atoms with E-state index in [1.807, 2.05) is 0 Å². The fraction of sp³-hybridized carbons (Fsp3) is 0.667. The van der Waals surface area contributed by atoms with Crippen molar-refractivity contribution < 1.29 is 0 Å². The molecule has 0 spiro atoms. The molecule has 0 aliphatic rings. The normalized spacial score (nSPS) is 13.4. The van der Waals surface area contributed by atoms with Crippen LogP contribution in [0.3, 0.4) is 0 Å². The molecule has 0 heterocycles. The predicted molar refractivity (Wildman–Crippen MR) is 92.6 cm³/mol. The summed E-state index contributed by atoms with van der Waals surface area (Å²) in [5.74, 6) is 0.696. The van der Waals surface area contributed by atoms with Crippen molar-refractivity contribution in [2.45, 2.75) is 33.2 Å². The van der Waals surface area contributed by atoms with Gasteiger partial charge in [-0.3, -0.25) is 0 Å². The van der Waals surface area contributed by atoms with Gasteiger partial charge in [-0.05, 0) is 51.0 Å². The molecule has 120 valence electrons. The fourth-order valence-corrected chi connectivity index (χ4v) is 2.63. The van der Waals surface area contributed by atoms with Crippen molar-refractivity contribution >= 4 is 0 Å². The molecule has 1 aromatic rings. The second-order valence-electron chi connectivity index (χ2n) is 6.75. The number of likely N-dealkylation sites (N-methyl/N-ethyl adjacent to an activating group) is 1. The minimum absolute atomic E-state index is 0.139. The van der Waals surface area contributed by atoms with Crippen LogP contribution < -0.4 is 5.73 Å². The summed E-state index contributed by atoms with van der Waals surface area (Å²) in [5.41, 5.74) is 8.98. The molecule has 1 unspecified atom stereocenters. The largest absolute Gasteiger partial charge is 0.324 e. The molecule has 1 aromatic carbocycles. The number of rotatable bonds is 9. The monoisotopic (exact) mass is 291 g/mol. The van der Waals surface area contributed by atoms with Crippen LogP contribution in [0.4, 0.5) is 0 Å². The second-order valence-corrected chi connectivity index (χ2v) is 6.75. The van der Waals surface area contributed by atoms with E-state index in [2.05, 4.69) is 68.9 Å². The Morgan fingerprint density at radius 2 is 1.71 bits per heavy atom. The lowest BCUT2D eigenvalue weighted by atomic mass is 9.99. The van der Waals surface area contributed by atoms with E-state index in [-0.39, 0.29) is 6.04 Å². The van der Waals surface area contributed by atoms with Crippen LogP contribution in [0.25, 0.3) is 0 Å². The van der Waals surface area contributed by atoms with E-state index < -0.39 is 0 Å². The van der Waals surface area contributed by atoms with Crippen molar-refractivity contribution in [3.63, 3.8) is 0 Å². The molecule has 0 aliphatic heterocycles. The van der Waals surface area contributed by atoms with Gasteiger partial charge in [-0.1, -0.05) is 38.1 Å². The molecule has 21 heavy (non-hydrogen) atoms. The van der Waals surface area contributed by atoms with Crippen molar-refractivity contribution in [2.24, 2.45) is 11.7 Å². The fourth-order valence-electron chi connectivity index (χ4n) is 2.63. The maximum Gasteiger partial charge on any atom is 0.0309 e. The Kier molecular flexibility index (Phi) is 7.94. The first-order valence-corrected chi connectivity index (χ1v) is 8.08. The van der Waals surface area contributed by atoms with Crippen LogP contribution in [0.2, 0.25) is 0 Å². The third-order valence-electron chi connectivity index (χ3n) is 3.83. The van der Waals surface area contributed by atoms with Gasteiger partial charge in [0.05, 0.1) is 0 Å². The van der Waals surface area contributed by atoms with Crippen molar-refractivity contribution in [2.75, 3.05) is 40.3 Å². The summed E-state index contributed by atoms with van der Waals surface area (Å²) in [6, 6.07) is 8.60. The Morgan fingerprint density at radius 1 is 1.05 bits per heavy atom. The Labute approximate surface area is 131 Å². The number of benzene rings is 1. The Morgan fingerprint density at radius 3 is 2.29 bits per heavy atom. The molecule has 0 saturated heterocycles. The highest BCUT2D eigenvalue weighted by atomic mass is 15.2. The van der Waals surface area contributed by atoms with Crippen LogP contribution in [0.5, 0.6) is 0 Å². The van der Waals surface area contributed by atoms with Gasteiger partial charge in [-0.25, -0.2) is 0 Å². The van der Waals surface area contributed by atoms with Gasteiger partial charge in [0, 0.05) is 25.7 Å². The molecular formula is C18H33N3. The van der Waals surface area contributed by atoms with Gasteiger partial charge >= 0.3 is 0 Å². The second kappa shape index (κ2) is 9.19. The van der Waals surface area contributed by atoms with Gasteiger partial charge < -0.3 is 15.5 Å². The quantitative estimate of drug-likeness (QED) is 0.759. The maximum atomic E-state index is 6.39. The third kappa shape index (κ3) is 7.07. The molecular weight excluding hydrogens is 258 g/mol. The Balaban J connectivity index is 2.53. The standard InChI is InChI=1S/C18H33N3/c1-15(2)14-21(13-12-20(4)5)11-10-18(19)17-9-7-6-8-16(17)3/h6-9,15,18H,10-14,19H2,1-5H3. The SMILES string of the molecule is Cc1ccccc1C(N)CCN(CCN(C)C)CC(C)C. The highest BCUT2D eigenvalue weighted by Gasteiger charge is 2.12. The van der Waals surface area contributed by atoms with Crippen molar-refractivity contribution in [3.05, 3.63) is 35.4 Å². The average Bonchev–Trinajstić information content (AvgIpc) is 2.41. The van der Waals surface area contributed by atoms with E-state index in [0.717, 1.165) is 32.6 Å². The molecule has 0 radical (unpaired) electrons. The number of nitrogens with two attached hydrogens (primary N) is 1. The highest BCUT2D eigenvalue weighted by molar-refractivity contribution is 5.28. The molecule has 0 saturated carbocycles. The van der Waals surface area contributed by atoms with Crippen LogP contribution in [-0.4, -0.2) is 50.1 Å². The number of hydrogen-bond acceptors (Lipinski definition) is 3. The smallest absolute Gasteiger partial charge is 0.0309 e. The van der Waals surface area contributed by atoms with Gasteiger partial charge in [-0.15, -0.1) is 0 Å². The first-order chi connectivity index (χ1) is 9.90. The summed E-state index contributed by atoms with van der Waals surface area (Å²) < 4.78 is 0. The van der Waals surface area contributed by atoms with Crippen LogP contribution in [-0.2, 0) is 0 Å². The lowest BCUT2D eigenvalue weighted by Gasteiger charge is -2.27. The molecule has 0 aromatic heterocycles. The first kappa shape index (κ1) is 18.1. The summed E-state index contributed by atoms with van der Waals surface area (Å²) >= 11 is 0. The van der Waals surface area contributed by atoms with Crippen molar-refractivity contribution in [1.29, 1.82) is 0 Å². The summed E-state index contributed by atoms with van der Waals surface area (Å²) in [5, 5.41) is 0. The topological polar surface area (TPSA) is 32.5 Å². The Bertz CT molecular complexity index is 401. The molecule has 1 rings (SSSR count). The lowest BCUT2D eigenvalue weighted by Crippen LogP contribution is -2.36. The minimum atomic E-state index is 0.139. The number of nitrogens with zero attached hydrogens (tertiary/aromatic N) is 2. The average molecular weight is 291 g/mol. The van der Waals surface area contributed by atoms with Crippen molar-refractivity contribution in [3.8, 4) is 0 Å². The molecule has 0 bridgehead atoms. The maximum absolute atomic E-state index is 6.39. The summed E-state index contributed by atoms with van der Waals surface area (Å²) in [6.07, 6.45) is 1.02. The summed E-state index contributed by atoms with van der Waals surface area (Å²) in [7, 11) is 4.26. The van der Waals surface area contributed by atoms with Crippen LogP contribution in [0.1, 0.15) is 37.4 Å². The zero-order valence-electron chi connectivity index (χ0n) is 14.5. The molecule has 0 amide bonds. The van der Waals surface area contributed by atoms with E-state index in [1.54, 1.807) is 0 Å². The van der Waals surface area contributed by atoms with E-state index in [1.165, 1.54) is 11.1 Å². The van der Waals surface area contributed by atoms with E-state index in [4.69, 9.17) is 5.73 Å². The third-order valence-corrected chi connectivity index (χ3v) is 3.83. The number of hydrogen-bond donors (Lipinski definition) is 1. The van der Waals surface area contributed by atoms with Gasteiger partial charge in [-0.2, -0.15) is 0 Å².